The maximum absolute atomic E-state index is 5.93. The first-order chi connectivity index (χ1) is 17.8. The van der Waals surface area contributed by atoms with Crippen LogP contribution in [0.3, 0.4) is 0 Å². The summed E-state index contributed by atoms with van der Waals surface area (Å²) in [5.41, 5.74) is 6.52. The Balaban J connectivity index is 1.60. The molecule has 0 aliphatic heterocycles. The molecule has 8 rings (SSSR count). The number of hydrogen-bond donors (Lipinski definition) is 0. The highest BCUT2D eigenvalue weighted by Gasteiger charge is 2.24. The number of ether oxygens (including phenoxy) is 1. The van der Waals surface area contributed by atoms with Crippen LogP contribution in [0.5, 0.6) is 5.75 Å². The molecule has 0 fully saturated rings. The van der Waals surface area contributed by atoms with Crippen molar-refractivity contribution in [1.82, 2.24) is 4.40 Å². The number of nitrogens with zero attached hydrogens (tertiary/aromatic N) is 1. The van der Waals surface area contributed by atoms with Crippen LogP contribution >= 0.6 is 11.3 Å². The number of methoxy groups -OCH3 is 1. The van der Waals surface area contributed by atoms with E-state index >= 15 is 0 Å². The molecule has 180 valence electrons. The zero-order chi connectivity index (χ0) is 25.2. The summed E-state index contributed by atoms with van der Waals surface area (Å²) in [6.45, 7) is 9.01. The van der Waals surface area contributed by atoms with E-state index in [-0.39, 0.29) is 5.41 Å². The smallest absolute Gasteiger partial charge is 0.128 e. The highest BCUT2D eigenvalue weighted by molar-refractivity contribution is 7.25. The fraction of sp³-hybridized carbons (Fsp3) is 0.176. The van der Waals surface area contributed by atoms with E-state index in [4.69, 9.17) is 4.74 Å². The van der Waals surface area contributed by atoms with Gasteiger partial charge >= 0.3 is 0 Å². The molecule has 0 aliphatic carbocycles. The Morgan fingerprint density at radius 1 is 0.676 bits per heavy atom. The Bertz CT molecular complexity index is 2220. The number of aromatic nitrogens is 1. The minimum Gasteiger partial charge on any atom is -0.496 e. The van der Waals surface area contributed by atoms with Crippen LogP contribution in [0.1, 0.15) is 31.9 Å². The van der Waals surface area contributed by atoms with E-state index in [9.17, 15) is 0 Å². The Labute approximate surface area is 219 Å². The molecule has 0 unspecified atom stereocenters. The van der Waals surface area contributed by atoms with Gasteiger partial charge in [0.25, 0.3) is 0 Å². The highest BCUT2D eigenvalue weighted by Crippen LogP contribution is 2.47. The second-order valence-electron chi connectivity index (χ2n) is 11.5. The van der Waals surface area contributed by atoms with Gasteiger partial charge in [-0.15, -0.1) is 11.3 Å². The predicted molar refractivity (Wildman–Crippen MR) is 161 cm³/mol. The first-order valence-electron chi connectivity index (χ1n) is 12.9. The van der Waals surface area contributed by atoms with Crippen LogP contribution in [0.15, 0.2) is 72.8 Å². The fourth-order valence-corrected chi connectivity index (χ4v) is 7.57. The normalized spacial score (nSPS) is 13.0. The van der Waals surface area contributed by atoms with E-state index < -0.39 is 0 Å². The molecule has 3 aromatic heterocycles. The molecule has 3 heteroatoms. The zero-order valence-corrected chi connectivity index (χ0v) is 22.5. The van der Waals surface area contributed by atoms with Gasteiger partial charge in [0.05, 0.1) is 29.0 Å². The van der Waals surface area contributed by atoms with E-state index in [1.54, 1.807) is 7.11 Å². The molecular weight excluding hydrogens is 470 g/mol. The number of aryl methyl sites for hydroxylation is 1. The van der Waals surface area contributed by atoms with Gasteiger partial charge in [-0.2, -0.15) is 0 Å². The van der Waals surface area contributed by atoms with Crippen LogP contribution in [-0.4, -0.2) is 11.5 Å². The first-order valence-corrected chi connectivity index (χ1v) is 13.7. The SMILES string of the molecule is COc1ccc2c3ccc4cc5c(cc4c3n3c4ccc(C(C)(C)C)cc4c1c23)sc1cc(C)ccc15. The fourth-order valence-electron chi connectivity index (χ4n) is 6.35. The zero-order valence-electron chi connectivity index (χ0n) is 21.7. The number of hydrogen-bond acceptors (Lipinski definition) is 2. The lowest BCUT2D eigenvalue weighted by Crippen LogP contribution is -2.10. The third-order valence-electron chi connectivity index (χ3n) is 8.21. The van der Waals surface area contributed by atoms with Crippen molar-refractivity contribution in [3.8, 4) is 5.75 Å². The summed E-state index contributed by atoms with van der Waals surface area (Å²) in [5, 5.41) is 10.4. The van der Waals surface area contributed by atoms with Crippen molar-refractivity contribution in [3.63, 3.8) is 0 Å². The Morgan fingerprint density at radius 3 is 2.24 bits per heavy atom. The molecule has 3 heterocycles. The molecule has 0 saturated carbocycles. The van der Waals surface area contributed by atoms with Crippen LogP contribution in [0.4, 0.5) is 0 Å². The summed E-state index contributed by atoms with van der Waals surface area (Å²) in [6, 6.07) is 27.6. The Morgan fingerprint density at radius 2 is 1.43 bits per heavy atom. The van der Waals surface area contributed by atoms with Crippen LogP contribution in [0.2, 0.25) is 0 Å². The highest BCUT2D eigenvalue weighted by atomic mass is 32.1. The lowest BCUT2D eigenvalue weighted by atomic mass is 9.86. The third-order valence-corrected chi connectivity index (χ3v) is 9.32. The minimum atomic E-state index is 0.0767. The van der Waals surface area contributed by atoms with E-state index in [2.05, 4.69) is 105 Å². The average molecular weight is 498 g/mol. The molecule has 37 heavy (non-hydrogen) atoms. The first kappa shape index (κ1) is 21.3. The standard InChI is InChI=1S/C34H27NOS/c1-18-6-9-21-25-15-19-7-10-22-23-11-13-28(36-5)31-26-16-20(34(2,3)4)8-12-27(26)35(33(23)31)32(22)24(19)17-30(25)37-29(21)14-18/h6-17H,1-5H3. The molecule has 0 amide bonds. The van der Waals surface area contributed by atoms with Gasteiger partial charge in [0.1, 0.15) is 5.75 Å². The molecule has 8 aromatic rings. The van der Waals surface area contributed by atoms with Gasteiger partial charge in [-0.05, 0) is 71.3 Å². The van der Waals surface area contributed by atoms with Gasteiger partial charge in [0, 0.05) is 41.7 Å². The van der Waals surface area contributed by atoms with Crippen molar-refractivity contribution in [3.05, 3.63) is 83.9 Å². The van der Waals surface area contributed by atoms with E-state index in [1.807, 2.05) is 11.3 Å². The van der Waals surface area contributed by atoms with Crippen molar-refractivity contribution >= 4 is 80.4 Å². The monoisotopic (exact) mass is 497 g/mol. The van der Waals surface area contributed by atoms with Crippen molar-refractivity contribution in [2.45, 2.75) is 33.1 Å². The van der Waals surface area contributed by atoms with Gasteiger partial charge < -0.3 is 9.14 Å². The Hall–Kier alpha value is -3.82. The third kappa shape index (κ3) is 2.70. The quantitative estimate of drug-likeness (QED) is 0.220. The summed E-state index contributed by atoms with van der Waals surface area (Å²) in [7, 11) is 1.78. The van der Waals surface area contributed by atoms with Crippen LogP contribution in [-0.2, 0) is 5.41 Å². The van der Waals surface area contributed by atoms with Crippen molar-refractivity contribution in [2.75, 3.05) is 7.11 Å². The maximum Gasteiger partial charge on any atom is 0.128 e. The van der Waals surface area contributed by atoms with Gasteiger partial charge in [0.2, 0.25) is 0 Å². The minimum absolute atomic E-state index is 0.0767. The Kier molecular flexibility index (Phi) is 3.99. The molecule has 5 aromatic carbocycles. The summed E-state index contributed by atoms with van der Waals surface area (Å²) in [5.74, 6) is 0.938. The molecule has 0 N–H and O–H groups in total. The summed E-state index contributed by atoms with van der Waals surface area (Å²) in [6.07, 6.45) is 0. The van der Waals surface area contributed by atoms with Crippen molar-refractivity contribution in [2.24, 2.45) is 0 Å². The van der Waals surface area contributed by atoms with Crippen molar-refractivity contribution in [1.29, 1.82) is 0 Å². The summed E-state index contributed by atoms with van der Waals surface area (Å²) in [4.78, 5) is 0. The van der Waals surface area contributed by atoms with Gasteiger partial charge in [0.15, 0.2) is 0 Å². The average Bonchev–Trinajstić information content (AvgIpc) is 3.51. The number of rotatable bonds is 1. The molecule has 2 nitrogen and oxygen atoms in total. The van der Waals surface area contributed by atoms with Gasteiger partial charge in [-0.1, -0.05) is 51.1 Å². The van der Waals surface area contributed by atoms with Gasteiger partial charge in [-0.25, -0.2) is 0 Å². The summed E-state index contributed by atoms with van der Waals surface area (Å²) >= 11 is 1.90. The molecule has 0 saturated heterocycles. The number of fused-ring (bicyclic) bond motifs is 11. The second-order valence-corrected chi connectivity index (χ2v) is 12.6. The molecular formula is C34H27NOS. The summed E-state index contributed by atoms with van der Waals surface area (Å²) < 4.78 is 11.1. The maximum atomic E-state index is 5.93. The van der Waals surface area contributed by atoms with Crippen molar-refractivity contribution < 1.29 is 4.74 Å². The van der Waals surface area contributed by atoms with Crippen LogP contribution < -0.4 is 4.74 Å². The molecule has 0 radical (unpaired) electrons. The van der Waals surface area contributed by atoms with Crippen LogP contribution in [0, 0.1) is 6.92 Å². The molecule has 0 aliphatic rings. The topological polar surface area (TPSA) is 13.6 Å². The molecule has 0 bridgehead atoms. The predicted octanol–water partition coefficient (Wildman–Crippen LogP) is 9.97. The van der Waals surface area contributed by atoms with Gasteiger partial charge in [-0.3, -0.25) is 0 Å². The number of thiophene rings is 1. The second kappa shape index (κ2) is 6.93. The van der Waals surface area contributed by atoms with E-state index in [1.165, 1.54) is 80.2 Å². The van der Waals surface area contributed by atoms with E-state index in [0.29, 0.717) is 0 Å². The molecule has 0 atom stereocenters. The molecule has 0 spiro atoms. The lowest BCUT2D eigenvalue weighted by molar-refractivity contribution is 0.420. The lowest BCUT2D eigenvalue weighted by Gasteiger charge is -2.19. The largest absolute Gasteiger partial charge is 0.496 e. The van der Waals surface area contributed by atoms with Crippen LogP contribution in [0.25, 0.3) is 69.0 Å². The number of benzene rings is 5. The van der Waals surface area contributed by atoms with E-state index in [0.717, 1.165) is 5.75 Å².